The Bertz CT molecular complexity index is 906. The lowest BCUT2D eigenvalue weighted by molar-refractivity contribution is -0.130. The topological polar surface area (TPSA) is 107 Å². The Hall–Kier alpha value is -2.71. The quantitative estimate of drug-likeness (QED) is 0.724. The van der Waals surface area contributed by atoms with Gasteiger partial charge in [0.05, 0.1) is 17.6 Å². The summed E-state index contributed by atoms with van der Waals surface area (Å²) < 4.78 is 27.1. The van der Waals surface area contributed by atoms with Crippen molar-refractivity contribution in [2.45, 2.75) is 24.3 Å². The Labute approximate surface area is 158 Å². The van der Waals surface area contributed by atoms with Gasteiger partial charge in [0, 0.05) is 20.0 Å². The highest BCUT2D eigenvalue weighted by Crippen LogP contribution is 2.12. The Balaban J connectivity index is 1.89. The number of amides is 1. The smallest absolute Gasteiger partial charge is 0.337 e. The number of nitrogens with two attached hydrogens (primary N) is 1. The van der Waals surface area contributed by atoms with Crippen molar-refractivity contribution in [2.24, 2.45) is 5.14 Å². The Morgan fingerprint density at radius 1 is 1.00 bits per heavy atom. The number of rotatable bonds is 7. The van der Waals surface area contributed by atoms with Crippen LogP contribution in [0.15, 0.2) is 53.4 Å². The van der Waals surface area contributed by atoms with Crippen LogP contribution in [-0.4, -0.2) is 39.4 Å². The van der Waals surface area contributed by atoms with E-state index in [0.29, 0.717) is 24.9 Å². The van der Waals surface area contributed by atoms with Gasteiger partial charge in [-0.2, -0.15) is 0 Å². The van der Waals surface area contributed by atoms with Crippen molar-refractivity contribution in [3.63, 3.8) is 0 Å². The second-order valence-electron chi connectivity index (χ2n) is 6.13. The summed E-state index contributed by atoms with van der Waals surface area (Å²) in [4.78, 5) is 25.4. The van der Waals surface area contributed by atoms with E-state index in [1.807, 2.05) is 0 Å². The molecule has 2 N–H and O–H groups in total. The molecule has 0 aromatic heterocycles. The van der Waals surface area contributed by atoms with E-state index in [4.69, 9.17) is 5.14 Å². The molecule has 0 unspecified atom stereocenters. The van der Waals surface area contributed by atoms with Crippen molar-refractivity contribution >= 4 is 21.9 Å². The predicted octanol–water partition coefficient (Wildman–Crippen LogP) is 1.71. The molecule has 0 aliphatic rings. The highest BCUT2D eigenvalue weighted by molar-refractivity contribution is 7.89. The monoisotopic (exact) mass is 390 g/mol. The van der Waals surface area contributed by atoms with Crippen LogP contribution in [0.2, 0.25) is 0 Å². The van der Waals surface area contributed by atoms with Crippen molar-refractivity contribution in [1.29, 1.82) is 0 Å². The van der Waals surface area contributed by atoms with Gasteiger partial charge in [0.1, 0.15) is 0 Å². The van der Waals surface area contributed by atoms with E-state index in [1.165, 1.54) is 19.2 Å². The van der Waals surface area contributed by atoms with Gasteiger partial charge in [-0.3, -0.25) is 4.79 Å². The molecule has 0 aliphatic carbocycles. The Kier molecular flexibility index (Phi) is 6.70. The van der Waals surface area contributed by atoms with Crippen LogP contribution in [0.1, 0.15) is 27.9 Å². The van der Waals surface area contributed by atoms with Gasteiger partial charge < -0.3 is 9.64 Å². The molecule has 1 amide bonds. The highest BCUT2D eigenvalue weighted by Gasteiger charge is 2.12. The summed E-state index contributed by atoms with van der Waals surface area (Å²) in [7, 11) is -0.680. The van der Waals surface area contributed by atoms with Crippen molar-refractivity contribution in [2.75, 3.05) is 14.2 Å². The summed E-state index contributed by atoms with van der Waals surface area (Å²) in [5, 5.41) is 5.06. The Morgan fingerprint density at radius 3 is 2.07 bits per heavy atom. The maximum Gasteiger partial charge on any atom is 0.337 e. The molecule has 0 saturated carbocycles. The third-order valence-corrected chi connectivity index (χ3v) is 5.03. The molecule has 27 heavy (non-hydrogen) atoms. The number of hydrogen-bond donors (Lipinski definition) is 1. The first-order valence-corrected chi connectivity index (χ1v) is 9.78. The standard InChI is InChI=1S/C19H22N2O5S/c1-21(13-15-3-8-16(9-4-15)19(23)26-2)18(22)12-7-14-5-10-17(11-6-14)27(20,24)25/h3-6,8-11H,7,12-13H2,1-2H3,(H2,20,24,25). The summed E-state index contributed by atoms with van der Waals surface area (Å²) >= 11 is 0. The fourth-order valence-corrected chi connectivity index (χ4v) is 3.03. The number of esters is 1. The van der Waals surface area contributed by atoms with Gasteiger partial charge in [-0.15, -0.1) is 0 Å². The Morgan fingerprint density at radius 2 is 1.56 bits per heavy atom. The average Bonchev–Trinajstić information content (AvgIpc) is 2.65. The molecule has 0 aliphatic heterocycles. The second-order valence-corrected chi connectivity index (χ2v) is 7.69. The van der Waals surface area contributed by atoms with Gasteiger partial charge in [0.25, 0.3) is 0 Å². The molecule has 2 aromatic rings. The third kappa shape index (κ3) is 5.90. The highest BCUT2D eigenvalue weighted by atomic mass is 32.2. The molecule has 2 rings (SSSR count). The van der Waals surface area contributed by atoms with E-state index in [-0.39, 0.29) is 10.8 Å². The second kappa shape index (κ2) is 8.79. The van der Waals surface area contributed by atoms with E-state index in [1.54, 1.807) is 48.3 Å². The van der Waals surface area contributed by atoms with E-state index < -0.39 is 16.0 Å². The molecule has 0 bridgehead atoms. The summed E-state index contributed by atoms with van der Waals surface area (Å²) in [6.07, 6.45) is 0.792. The van der Waals surface area contributed by atoms with Crippen molar-refractivity contribution in [3.8, 4) is 0 Å². The third-order valence-electron chi connectivity index (χ3n) is 4.10. The molecule has 0 heterocycles. The van der Waals surface area contributed by atoms with Crippen molar-refractivity contribution in [1.82, 2.24) is 4.90 Å². The zero-order valence-corrected chi connectivity index (χ0v) is 16.0. The summed E-state index contributed by atoms with van der Waals surface area (Å²) in [6, 6.07) is 13.0. The first kappa shape index (κ1) is 20.6. The summed E-state index contributed by atoms with van der Waals surface area (Å²) in [5.41, 5.74) is 2.21. The fourth-order valence-electron chi connectivity index (χ4n) is 2.51. The van der Waals surface area contributed by atoms with Gasteiger partial charge >= 0.3 is 5.97 Å². The maximum absolute atomic E-state index is 12.3. The summed E-state index contributed by atoms with van der Waals surface area (Å²) in [5.74, 6) is -0.443. The number of ether oxygens (including phenoxy) is 1. The molecule has 7 nitrogen and oxygen atoms in total. The number of nitrogens with zero attached hydrogens (tertiary/aromatic N) is 1. The molecule has 8 heteroatoms. The van der Waals surface area contributed by atoms with Crippen LogP contribution in [0.25, 0.3) is 0 Å². The number of aryl methyl sites for hydroxylation is 1. The summed E-state index contributed by atoms with van der Waals surface area (Å²) in [6.45, 7) is 0.421. The van der Waals surface area contributed by atoms with Gasteiger partial charge in [-0.25, -0.2) is 18.4 Å². The lowest BCUT2D eigenvalue weighted by Gasteiger charge is -2.17. The minimum atomic E-state index is -3.71. The lowest BCUT2D eigenvalue weighted by Crippen LogP contribution is -2.26. The van der Waals surface area contributed by atoms with Crippen LogP contribution in [0.5, 0.6) is 0 Å². The van der Waals surface area contributed by atoms with Crippen molar-refractivity contribution < 1.29 is 22.7 Å². The van der Waals surface area contributed by atoms with Gasteiger partial charge in [0.15, 0.2) is 0 Å². The normalized spacial score (nSPS) is 11.1. The number of sulfonamides is 1. The zero-order valence-electron chi connectivity index (χ0n) is 15.2. The van der Waals surface area contributed by atoms with E-state index in [9.17, 15) is 18.0 Å². The number of carbonyl (C=O) groups is 2. The van der Waals surface area contributed by atoms with Crippen LogP contribution in [0.4, 0.5) is 0 Å². The van der Waals surface area contributed by atoms with Crippen LogP contribution < -0.4 is 5.14 Å². The molecule has 0 spiro atoms. The minimum absolute atomic E-state index is 0.0393. The number of carbonyl (C=O) groups excluding carboxylic acids is 2. The lowest BCUT2D eigenvalue weighted by atomic mass is 10.1. The van der Waals surface area contributed by atoms with Crippen LogP contribution in [0, 0.1) is 0 Å². The SMILES string of the molecule is COC(=O)c1ccc(CN(C)C(=O)CCc2ccc(S(N)(=O)=O)cc2)cc1. The zero-order chi connectivity index (χ0) is 20.0. The number of hydrogen-bond acceptors (Lipinski definition) is 5. The predicted molar refractivity (Wildman–Crippen MR) is 100 cm³/mol. The van der Waals surface area contributed by atoms with Crippen LogP contribution in [-0.2, 0) is 32.5 Å². The van der Waals surface area contributed by atoms with E-state index >= 15 is 0 Å². The molecule has 0 saturated heterocycles. The number of methoxy groups -OCH3 is 1. The molecular weight excluding hydrogens is 368 g/mol. The van der Waals surface area contributed by atoms with Gasteiger partial charge in [-0.1, -0.05) is 24.3 Å². The maximum atomic E-state index is 12.3. The number of primary sulfonamides is 1. The first-order valence-electron chi connectivity index (χ1n) is 8.23. The number of benzene rings is 2. The average molecular weight is 390 g/mol. The molecule has 0 fully saturated rings. The van der Waals surface area contributed by atoms with E-state index in [0.717, 1.165) is 11.1 Å². The van der Waals surface area contributed by atoms with Gasteiger partial charge in [0.2, 0.25) is 15.9 Å². The first-order chi connectivity index (χ1) is 12.7. The minimum Gasteiger partial charge on any atom is -0.465 e. The molecule has 0 radical (unpaired) electrons. The van der Waals surface area contributed by atoms with Crippen molar-refractivity contribution in [3.05, 3.63) is 65.2 Å². The molecular formula is C19H22N2O5S. The van der Waals surface area contributed by atoms with E-state index in [2.05, 4.69) is 4.74 Å². The van der Waals surface area contributed by atoms with Crippen LogP contribution >= 0.6 is 0 Å². The fraction of sp³-hybridized carbons (Fsp3) is 0.263. The molecule has 0 atom stereocenters. The molecule has 2 aromatic carbocycles. The van der Waals surface area contributed by atoms with Crippen LogP contribution in [0.3, 0.4) is 0 Å². The largest absolute Gasteiger partial charge is 0.465 e. The molecule has 144 valence electrons. The van der Waals surface area contributed by atoms with Gasteiger partial charge in [-0.05, 0) is 41.8 Å².